The van der Waals surface area contributed by atoms with Crippen molar-refractivity contribution >= 4 is 17.1 Å². The molecule has 0 saturated carbocycles. The molecule has 0 amide bonds. The molecule has 2 aromatic rings. The fraction of sp³-hybridized carbons (Fsp3) is 0.500. The van der Waals surface area contributed by atoms with Gasteiger partial charge in [0, 0.05) is 18.5 Å². The summed E-state index contributed by atoms with van der Waals surface area (Å²) >= 11 is 0. The Kier molecular flexibility index (Phi) is 3.68. The number of nitrogens with zero attached hydrogens (tertiary/aromatic N) is 2. The Labute approximate surface area is 123 Å². The minimum Gasteiger partial charge on any atom is -0.465 e. The smallest absolute Gasteiger partial charge is 0.341 e. The Hall–Kier alpha value is -1.88. The summed E-state index contributed by atoms with van der Waals surface area (Å²) in [6, 6.07) is 5.91. The van der Waals surface area contributed by atoms with E-state index in [1.807, 2.05) is 6.07 Å². The zero-order valence-electron chi connectivity index (χ0n) is 12.6. The van der Waals surface area contributed by atoms with Crippen molar-refractivity contribution in [3.05, 3.63) is 29.7 Å². The van der Waals surface area contributed by atoms with Crippen LogP contribution in [0.1, 0.15) is 42.4 Å². The zero-order chi connectivity index (χ0) is 15.0. The van der Waals surface area contributed by atoms with Gasteiger partial charge in [0.15, 0.2) is 11.5 Å². The van der Waals surface area contributed by atoms with Gasteiger partial charge in [0.25, 0.3) is 0 Å². The van der Waals surface area contributed by atoms with Crippen LogP contribution in [0, 0.1) is 0 Å². The van der Waals surface area contributed by atoms with Gasteiger partial charge < -0.3 is 14.1 Å². The number of aromatic nitrogens is 1. The summed E-state index contributed by atoms with van der Waals surface area (Å²) in [5, 5.41) is 0. The number of hydrogen-bond donors (Lipinski definition) is 0. The molecule has 1 fully saturated rings. The maximum absolute atomic E-state index is 11.8. The minimum absolute atomic E-state index is 0.297. The van der Waals surface area contributed by atoms with E-state index in [0.717, 1.165) is 30.9 Å². The highest BCUT2D eigenvalue weighted by atomic mass is 16.5. The van der Waals surface area contributed by atoms with Gasteiger partial charge in [-0.3, -0.25) is 0 Å². The molecule has 5 nitrogen and oxygen atoms in total. The van der Waals surface area contributed by atoms with Gasteiger partial charge in [-0.2, -0.15) is 0 Å². The first kappa shape index (κ1) is 14.1. The van der Waals surface area contributed by atoms with E-state index < -0.39 is 5.97 Å². The Balaban J connectivity index is 1.93. The predicted octanol–water partition coefficient (Wildman–Crippen LogP) is 2.81. The van der Waals surface area contributed by atoms with Gasteiger partial charge in [0.2, 0.25) is 0 Å². The summed E-state index contributed by atoms with van der Waals surface area (Å²) < 4.78 is 10.7. The largest absolute Gasteiger partial charge is 0.465 e. The van der Waals surface area contributed by atoms with Crippen molar-refractivity contribution in [1.82, 2.24) is 9.88 Å². The van der Waals surface area contributed by atoms with Gasteiger partial charge in [-0.15, -0.1) is 0 Å². The van der Waals surface area contributed by atoms with Crippen molar-refractivity contribution in [2.75, 3.05) is 20.2 Å². The third-order valence-corrected chi connectivity index (χ3v) is 4.14. The van der Waals surface area contributed by atoms with Crippen molar-refractivity contribution in [3.63, 3.8) is 0 Å². The molecular weight excluding hydrogens is 268 g/mol. The van der Waals surface area contributed by atoms with Gasteiger partial charge in [-0.1, -0.05) is 6.07 Å². The van der Waals surface area contributed by atoms with Crippen LogP contribution in [0.5, 0.6) is 0 Å². The van der Waals surface area contributed by atoms with Gasteiger partial charge in [0.1, 0.15) is 11.1 Å². The molecule has 3 rings (SSSR count). The summed E-state index contributed by atoms with van der Waals surface area (Å²) in [6.07, 6.45) is 1.04. The lowest BCUT2D eigenvalue weighted by atomic mass is 10.1. The van der Waals surface area contributed by atoms with E-state index in [4.69, 9.17) is 9.15 Å². The zero-order valence-corrected chi connectivity index (χ0v) is 12.6. The van der Waals surface area contributed by atoms with Crippen molar-refractivity contribution in [2.24, 2.45) is 0 Å². The van der Waals surface area contributed by atoms with Crippen LogP contribution >= 0.6 is 0 Å². The number of fused-ring (bicyclic) bond motifs is 1. The topological polar surface area (TPSA) is 55.6 Å². The van der Waals surface area contributed by atoms with Crippen molar-refractivity contribution in [1.29, 1.82) is 0 Å². The summed E-state index contributed by atoms with van der Waals surface area (Å²) in [5.74, 6) is 0.633. The molecule has 0 bridgehead atoms. The highest BCUT2D eigenvalue weighted by molar-refractivity contribution is 6.00. The molecule has 0 N–H and O–H groups in total. The second-order valence-corrected chi connectivity index (χ2v) is 5.77. The molecule has 2 heterocycles. The maximum Gasteiger partial charge on any atom is 0.341 e. The molecule has 5 heteroatoms. The van der Waals surface area contributed by atoms with E-state index in [-0.39, 0.29) is 0 Å². The fourth-order valence-electron chi connectivity index (χ4n) is 2.87. The number of carbonyl (C=O) groups is 1. The second-order valence-electron chi connectivity index (χ2n) is 5.77. The summed E-state index contributed by atoms with van der Waals surface area (Å²) in [7, 11) is 1.37. The van der Waals surface area contributed by atoms with E-state index in [2.05, 4.69) is 23.7 Å². The number of likely N-dealkylation sites (tertiary alicyclic amines) is 1. The third-order valence-electron chi connectivity index (χ3n) is 4.14. The molecule has 1 unspecified atom stereocenters. The molecule has 1 saturated heterocycles. The third kappa shape index (κ3) is 2.53. The van der Waals surface area contributed by atoms with Crippen LogP contribution in [0.4, 0.5) is 0 Å². The number of esters is 1. The van der Waals surface area contributed by atoms with Gasteiger partial charge in [0.05, 0.1) is 7.11 Å². The Morgan fingerprint density at radius 2 is 2.29 bits per heavy atom. The number of rotatable bonds is 3. The van der Waals surface area contributed by atoms with Crippen LogP contribution in [0.15, 0.2) is 22.6 Å². The van der Waals surface area contributed by atoms with Crippen LogP contribution in [-0.4, -0.2) is 42.1 Å². The number of benzene rings is 1. The van der Waals surface area contributed by atoms with Crippen molar-refractivity contribution in [2.45, 2.75) is 32.2 Å². The van der Waals surface area contributed by atoms with Crippen LogP contribution in [0.25, 0.3) is 11.1 Å². The van der Waals surface area contributed by atoms with Gasteiger partial charge >= 0.3 is 5.97 Å². The van der Waals surface area contributed by atoms with E-state index in [1.54, 1.807) is 12.1 Å². The monoisotopic (exact) mass is 288 g/mol. The lowest BCUT2D eigenvalue weighted by Crippen LogP contribution is -2.27. The number of hydrogen-bond acceptors (Lipinski definition) is 5. The number of carbonyl (C=O) groups excluding carboxylic acids is 1. The molecule has 1 aromatic carbocycles. The number of oxazole rings is 1. The van der Waals surface area contributed by atoms with Crippen LogP contribution in [0.2, 0.25) is 0 Å². The molecule has 1 atom stereocenters. The van der Waals surface area contributed by atoms with Crippen LogP contribution in [0.3, 0.4) is 0 Å². The van der Waals surface area contributed by atoms with Crippen LogP contribution < -0.4 is 0 Å². The number of ether oxygens (including phenoxy) is 1. The van der Waals surface area contributed by atoms with Gasteiger partial charge in [-0.25, -0.2) is 9.78 Å². The van der Waals surface area contributed by atoms with E-state index >= 15 is 0 Å². The summed E-state index contributed by atoms with van der Waals surface area (Å²) in [4.78, 5) is 18.8. The number of methoxy groups -OCH3 is 1. The Morgan fingerprint density at radius 1 is 1.48 bits per heavy atom. The lowest BCUT2D eigenvalue weighted by Gasteiger charge is -2.19. The molecule has 0 spiro atoms. The maximum atomic E-state index is 11.8. The molecule has 1 aliphatic rings. The molecule has 0 aliphatic carbocycles. The normalized spacial score (nSPS) is 19.5. The SMILES string of the molecule is COC(=O)c1cccc2nc(C3CCN(C(C)C)C3)oc12. The van der Waals surface area contributed by atoms with E-state index in [0.29, 0.717) is 23.1 Å². The predicted molar refractivity (Wildman–Crippen MR) is 79.4 cm³/mol. The molecule has 21 heavy (non-hydrogen) atoms. The van der Waals surface area contributed by atoms with Crippen molar-refractivity contribution < 1.29 is 13.9 Å². The van der Waals surface area contributed by atoms with Crippen LogP contribution in [-0.2, 0) is 4.74 Å². The molecule has 1 aliphatic heterocycles. The quantitative estimate of drug-likeness (QED) is 0.813. The lowest BCUT2D eigenvalue weighted by molar-refractivity contribution is 0.0601. The average molecular weight is 288 g/mol. The highest BCUT2D eigenvalue weighted by Gasteiger charge is 2.29. The summed E-state index contributed by atoms with van der Waals surface area (Å²) in [6.45, 7) is 6.41. The van der Waals surface area contributed by atoms with E-state index in [9.17, 15) is 4.79 Å². The Morgan fingerprint density at radius 3 is 2.95 bits per heavy atom. The minimum atomic E-state index is -0.390. The fourth-order valence-corrected chi connectivity index (χ4v) is 2.87. The summed E-state index contributed by atoms with van der Waals surface area (Å²) in [5.41, 5.74) is 1.69. The standard InChI is InChI=1S/C16H20N2O3/c1-10(2)18-8-7-11(9-18)15-17-13-6-4-5-12(14(13)21-15)16(19)20-3/h4-6,10-11H,7-9H2,1-3H3. The first-order valence-corrected chi connectivity index (χ1v) is 7.32. The average Bonchev–Trinajstić information content (AvgIpc) is 3.11. The van der Waals surface area contributed by atoms with E-state index in [1.165, 1.54) is 7.11 Å². The van der Waals surface area contributed by atoms with Crippen molar-refractivity contribution in [3.8, 4) is 0 Å². The first-order valence-electron chi connectivity index (χ1n) is 7.32. The molecular formula is C16H20N2O3. The number of para-hydroxylation sites is 1. The molecule has 1 aromatic heterocycles. The second kappa shape index (κ2) is 5.48. The molecule has 112 valence electrons. The Bertz CT molecular complexity index is 663. The first-order chi connectivity index (χ1) is 10.1. The highest BCUT2D eigenvalue weighted by Crippen LogP contribution is 2.31. The van der Waals surface area contributed by atoms with Gasteiger partial charge in [-0.05, 0) is 38.9 Å². The molecule has 0 radical (unpaired) electrons.